The number of carbonyl (C=O) groups is 3. The molecule has 0 aromatic rings. The first-order valence-corrected chi connectivity index (χ1v) is 17.8. The molecule has 8 nitrogen and oxygen atoms in total. The fourth-order valence-corrected chi connectivity index (χ4v) is 7.84. The highest BCUT2D eigenvalue weighted by atomic mass is 33.1. The predicted octanol–water partition coefficient (Wildman–Crippen LogP) is 7.32. The molecule has 0 aromatic carbocycles. The Hall–Kier alpha value is -1.39. The number of hydrogen-bond donors (Lipinski definition) is 2. The Kier molecular flexibility index (Phi) is 18.6. The van der Waals surface area contributed by atoms with Crippen LogP contribution < -0.4 is 0 Å². The minimum atomic E-state index is -1.46. The zero-order valence-corrected chi connectivity index (χ0v) is 25.9. The first-order chi connectivity index (χ1) is 19.4. The molecule has 2 aliphatic rings. The normalized spacial score (nSPS) is 19.6. The van der Waals surface area contributed by atoms with Gasteiger partial charge in [-0.1, -0.05) is 112 Å². The molecular weight excluding hydrogens is 552 g/mol. The van der Waals surface area contributed by atoms with E-state index in [-0.39, 0.29) is 12.8 Å². The highest BCUT2D eigenvalue weighted by Crippen LogP contribution is 2.40. The lowest BCUT2D eigenvalue weighted by atomic mass is 10.0. The number of rotatable bonds is 23. The second-order valence-electron chi connectivity index (χ2n) is 10.8. The summed E-state index contributed by atoms with van der Waals surface area (Å²) >= 11 is 0. The maximum absolute atomic E-state index is 12.1. The summed E-state index contributed by atoms with van der Waals surface area (Å²) in [5.41, 5.74) is 0. The topological polar surface area (TPSA) is 119 Å². The van der Waals surface area contributed by atoms with Crippen molar-refractivity contribution < 1.29 is 38.8 Å². The van der Waals surface area contributed by atoms with Gasteiger partial charge in [0.1, 0.15) is 12.7 Å². The van der Waals surface area contributed by atoms with Crippen LogP contribution in [-0.2, 0) is 28.6 Å². The van der Waals surface area contributed by atoms with E-state index in [2.05, 4.69) is 6.92 Å². The number of aliphatic hydroxyl groups excluding tert-OH is 2. The molecule has 1 unspecified atom stereocenters. The van der Waals surface area contributed by atoms with Gasteiger partial charge in [-0.15, -0.1) is 0 Å². The van der Waals surface area contributed by atoms with Gasteiger partial charge >= 0.3 is 17.9 Å². The molecule has 0 spiro atoms. The van der Waals surface area contributed by atoms with E-state index >= 15 is 0 Å². The Morgan fingerprint density at radius 2 is 1.48 bits per heavy atom. The van der Waals surface area contributed by atoms with E-state index in [1.165, 1.54) is 76.4 Å². The van der Waals surface area contributed by atoms with Crippen LogP contribution in [0.1, 0.15) is 129 Å². The van der Waals surface area contributed by atoms with Crippen LogP contribution in [0.15, 0.2) is 11.5 Å². The molecule has 2 aliphatic heterocycles. The van der Waals surface area contributed by atoms with Crippen molar-refractivity contribution >= 4 is 39.5 Å². The Morgan fingerprint density at radius 3 is 2.08 bits per heavy atom. The van der Waals surface area contributed by atoms with Crippen molar-refractivity contribution in [2.75, 3.05) is 12.4 Å². The van der Waals surface area contributed by atoms with Crippen LogP contribution in [-0.4, -0.2) is 57.9 Å². The fourth-order valence-electron chi connectivity index (χ4n) is 4.81. The Balaban J connectivity index is 1.51. The molecule has 0 bridgehead atoms. The van der Waals surface area contributed by atoms with Crippen LogP contribution in [0.5, 0.6) is 0 Å². The molecule has 0 radical (unpaired) electrons. The minimum absolute atomic E-state index is 0.124. The first kappa shape index (κ1) is 34.8. The van der Waals surface area contributed by atoms with Gasteiger partial charge in [0.05, 0.1) is 0 Å². The molecule has 10 heteroatoms. The van der Waals surface area contributed by atoms with Crippen molar-refractivity contribution in [3.05, 3.63) is 11.5 Å². The van der Waals surface area contributed by atoms with Gasteiger partial charge in [-0.2, -0.15) is 0 Å². The largest absolute Gasteiger partial charge is 0.505 e. The average Bonchev–Trinajstić information content (AvgIpc) is 3.56. The molecule has 2 rings (SSSR count). The summed E-state index contributed by atoms with van der Waals surface area (Å²) in [6.07, 6.45) is 17.0. The Bertz CT molecular complexity index is 782. The molecule has 0 aliphatic carbocycles. The van der Waals surface area contributed by atoms with Crippen LogP contribution in [0.4, 0.5) is 0 Å². The summed E-state index contributed by atoms with van der Waals surface area (Å²) in [5, 5.41) is 21.2. The number of ether oxygens (including phenoxy) is 3. The summed E-state index contributed by atoms with van der Waals surface area (Å²) in [7, 11) is 3.77. The third kappa shape index (κ3) is 14.5. The highest BCUT2D eigenvalue weighted by Gasteiger charge is 2.42. The van der Waals surface area contributed by atoms with Gasteiger partial charge in [-0.3, -0.25) is 9.59 Å². The maximum atomic E-state index is 12.1. The number of cyclic esters (lactones) is 1. The third-order valence-corrected chi connectivity index (χ3v) is 10.3. The van der Waals surface area contributed by atoms with Crippen LogP contribution in [0.3, 0.4) is 0 Å². The quantitative estimate of drug-likeness (QED) is 0.0532. The third-order valence-electron chi connectivity index (χ3n) is 7.27. The number of unbranched alkanes of at least 4 members (excludes halogenated alkanes) is 13. The van der Waals surface area contributed by atoms with Crippen molar-refractivity contribution in [1.82, 2.24) is 0 Å². The van der Waals surface area contributed by atoms with E-state index in [1.54, 1.807) is 0 Å². The molecule has 0 aromatic heterocycles. The smallest absolute Gasteiger partial charge is 0.378 e. The predicted molar refractivity (Wildman–Crippen MR) is 160 cm³/mol. The Labute approximate surface area is 248 Å². The lowest BCUT2D eigenvalue weighted by Gasteiger charge is -2.17. The molecule has 3 atom stereocenters. The maximum Gasteiger partial charge on any atom is 0.378 e. The zero-order valence-electron chi connectivity index (χ0n) is 24.2. The van der Waals surface area contributed by atoms with Gasteiger partial charge in [-0.25, -0.2) is 4.79 Å². The first-order valence-electron chi connectivity index (χ1n) is 15.4. The van der Waals surface area contributed by atoms with Gasteiger partial charge in [0.2, 0.25) is 0 Å². The molecule has 0 saturated carbocycles. The lowest BCUT2D eigenvalue weighted by molar-refractivity contribution is -0.157. The molecule has 2 N–H and O–H groups in total. The molecule has 1 fully saturated rings. The van der Waals surface area contributed by atoms with E-state index < -0.39 is 48.2 Å². The summed E-state index contributed by atoms with van der Waals surface area (Å²) in [6, 6.07) is 0. The number of esters is 3. The molecule has 2 heterocycles. The van der Waals surface area contributed by atoms with Crippen molar-refractivity contribution in [3.63, 3.8) is 0 Å². The van der Waals surface area contributed by atoms with Crippen LogP contribution in [0.2, 0.25) is 0 Å². The molecular formula is C30H50O8S2. The van der Waals surface area contributed by atoms with Crippen molar-refractivity contribution in [1.29, 1.82) is 0 Å². The summed E-state index contributed by atoms with van der Waals surface area (Å²) in [6.45, 7) is 1.81. The van der Waals surface area contributed by atoms with Crippen molar-refractivity contribution in [2.24, 2.45) is 0 Å². The van der Waals surface area contributed by atoms with E-state index in [1.807, 2.05) is 21.6 Å². The number of carbonyl (C=O) groups excluding carboxylic acids is 3. The number of hydrogen-bond acceptors (Lipinski definition) is 10. The van der Waals surface area contributed by atoms with Gasteiger partial charge < -0.3 is 24.4 Å². The number of aliphatic hydroxyl groups is 2. The fraction of sp³-hybridized carbons (Fsp3) is 0.833. The Morgan fingerprint density at radius 1 is 0.900 bits per heavy atom. The second-order valence-corrected chi connectivity index (χ2v) is 13.6. The van der Waals surface area contributed by atoms with Crippen LogP contribution in [0, 0.1) is 0 Å². The van der Waals surface area contributed by atoms with Crippen LogP contribution >= 0.6 is 21.6 Å². The standard InChI is InChI=1S/C30H50O8S2/c1-2-3-4-5-6-7-8-9-10-11-12-13-14-18-25(32)36-22-24(31)28-27(34)29(30(35)38-28)37-26(33)19-16-15-17-23-20-21-39-40-23/h23-24,28,31,34H,2-22H2,1H3/t23?,24-,28+/m0/s1. The molecule has 1 saturated heterocycles. The van der Waals surface area contributed by atoms with E-state index in [0.29, 0.717) is 18.1 Å². The summed E-state index contributed by atoms with van der Waals surface area (Å²) in [5.74, 6) is -2.19. The molecule has 0 amide bonds. The van der Waals surface area contributed by atoms with Crippen molar-refractivity contribution in [2.45, 2.75) is 146 Å². The van der Waals surface area contributed by atoms with E-state index in [9.17, 15) is 24.6 Å². The minimum Gasteiger partial charge on any atom is -0.505 e. The zero-order chi connectivity index (χ0) is 29.0. The molecule has 230 valence electrons. The molecule has 40 heavy (non-hydrogen) atoms. The average molecular weight is 603 g/mol. The highest BCUT2D eigenvalue weighted by molar-refractivity contribution is 8.77. The summed E-state index contributed by atoms with van der Waals surface area (Å²) < 4.78 is 15.1. The van der Waals surface area contributed by atoms with Gasteiger partial charge in [0.15, 0.2) is 11.9 Å². The van der Waals surface area contributed by atoms with E-state index in [0.717, 1.165) is 25.7 Å². The van der Waals surface area contributed by atoms with Crippen LogP contribution in [0.25, 0.3) is 0 Å². The van der Waals surface area contributed by atoms with Gasteiger partial charge in [-0.05, 0) is 25.7 Å². The lowest BCUT2D eigenvalue weighted by Crippen LogP contribution is -2.33. The second kappa shape index (κ2) is 21.3. The van der Waals surface area contributed by atoms with Crippen molar-refractivity contribution in [3.8, 4) is 0 Å². The summed E-state index contributed by atoms with van der Waals surface area (Å²) in [4.78, 5) is 36.3. The van der Waals surface area contributed by atoms with E-state index in [4.69, 9.17) is 14.2 Å². The SMILES string of the molecule is CCCCCCCCCCCCCCCC(=O)OC[C@H](O)[C@H]1OC(=O)C(OC(=O)CCCCC2CCSS2)=C1O. The van der Waals surface area contributed by atoms with Gasteiger partial charge in [0, 0.05) is 23.8 Å². The monoisotopic (exact) mass is 602 g/mol. The van der Waals surface area contributed by atoms with Gasteiger partial charge in [0.25, 0.3) is 5.76 Å².